The molecule has 7 nitrogen and oxygen atoms in total. The van der Waals surface area contributed by atoms with Gasteiger partial charge in [0.2, 0.25) is 0 Å². The molecule has 2 fully saturated rings. The summed E-state index contributed by atoms with van der Waals surface area (Å²) in [6.45, 7) is 2.64. The van der Waals surface area contributed by atoms with Crippen molar-refractivity contribution in [3.63, 3.8) is 0 Å². The third kappa shape index (κ3) is 8.07. The first-order chi connectivity index (χ1) is 15.9. The molecule has 0 spiro atoms. The van der Waals surface area contributed by atoms with Gasteiger partial charge in [-0.2, -0.15) is 13.1 Å². The molecular weight excluding hydrogens is 456 g/mol. The number of nitrogens with zero attached hydrogens (tertiary/aromatic N) is 3. The minimum absolute atomic E-state index is 0.0428. The Bertz CT molecular complexity index is 1080. The number of thioether (sulfide) groups is 1. The third-order valence-electron chi connectivity index (χ3n) is 5.91. The molecule has 0 bridgehead atoms. The number of nitrogens with one attached hydrogen (secondary N) is 1. The van der Waals surface area contributed by atoms with Crippen molar-refractivity contribution in [2.75, 3.05) is 25.9 Å². The summed E-state index contributed by atoms with van der Waals surface area (Å²) in [5, 5.41) is 1.29. The Morgan fingerprint density at radius 1 is 1.24 bits per heavy atom. The van der Waals surface area contributed by atoms with E-state index in [2.05, 4.69) is 57.6 Å². The number of aliphatic imine (C=N–C) groups is 1. The Hall–Kier alpha value is -1.99. The van der Waals surface area contributed by atoms with Gasteiger partial charge in [-0.25, -0.2) is 0 Å². The highest BCUT2D eigenvalue weighted by Gasteiger charge is 2.17. The molecule has 2 aromatic rings. The van der Waals surface area contributed by atoms with Crippen LogP contribution in [0.2, 0.25) is 0 Å². The van der Waals surface area contributed by atoms with Crippen LogP contribution in [0.15, 0.2) is 40.4 Å². The molecule has 1 aliphatic heterocycles. The van der Waals surface area contributed by atoms with Crippen LogP contribution in [-0.2, 0) is 16.8 Å². The molecular formula is C24H34N4O3S2. The zero-order chi connectivity index (χ0) is 23.7. The summed E-state index contributed by atoms with van der Waals surface area (Å²) >= 11 is 1.87. The molecule has 2 N–H and O–H groups in total. The first-order valence-electron chi connectivity index (χ1n) is 11.5. The topological polar surface area (TPSA) is 86.9 Å². The Morgan fingerprint density at radius 3 is 2.67 bits per heavy atom. The van der Waals surface area contributed by atoms with Crippen LogP contribution in [0, 0.1) is 12.3 Å². The number of para-hydroxylation sites is 1. The third-order valence-corrected chi connectivity index (χ3v) is 7.57. The Balaban J connectivity index is 0.000000235. The van der Waals surface area contributed by atoms with Crippen molar-refractivity contribution in [2.45, 2.75) is 62.4 Å². The molecule has 0 unspecified atom stereocenters. The molecule has 9 heteroatoms. The van der Waals surface area contributed by atoms with Gasteiger partial charge in [-0.05, 0) is 25.3 Å². The van der Waals surface area contributed by atoms with Crippen LogP contribution in [0.1, 0.15) is 44.9 Å². The minimum atomic E-state index is -3.97. The maximum absolute atomic E-state index is 10.3. The second-order valence-corrected chi connectivity index (χ2v) is 10.8. The maximum Gasteiger partial charge on any atom is 0.333 e. The van der Waals surface area contributed by atoms with Gasteiger partial charge in [0.05, 0.1) is 24.4 Å². The van der Waals surface area contributed by atoms with Gasteiger partial charge in [-0.15, -0.1) is 18.2 Å². The highest BCUT2D eigenvalue weighted by molar-refractivity contribution is 7.99. The molecule has 180 valence electrons. The Kier molecular flexibility index (Phi) is 9.68. The van der Waals surface area contributed by atoms with Gasteiger partial charge < -0.3 is 9.47 Å². The van der Waals surface area contributed by atoms with E-state index in [0.29, 0.717) is 6.54 Å². The minimum Gasteiger partial charge on any atom is -0.363 e. The largest absolute Gasteiger partial charge is 0.363 e. The highest BCUT2D eigenvalue weighted by Crippen LogP contribution is 2.30. The predicted octanol–water partition coefficient (Wildman–Crippen LogP) is 4.20. The predicted molar refractivity (Wildman–Crippen MR) is 137 cm³/mol. The standard InChI is InChI=1S/C18H21N3S.C6H13NO3S/c1-3-11-21-14-17(15-7-4-5-8-16(15)21)22-13-10-19-18-9-6-12-20(18)2;8-11(9,10)7-6-4-2-1-3-5-6/h1,4-5,7-8,14H,6,9-13H2,2H3;6-7H,1-5H2,(H,8,9,10)/b19-18+;. The van der Waals surface area contributed by atoms with E-state index >= 15 is 0 Å². The molecule has 1 aliphatic carbocycles. The Labute approximate surface area is 201 Å². The van der Waals surface area contributed by atoms with Gasteiger partial charge in [0.15, 0.2) is 0 Å². The molecule has 0 amide bonds. The molecule has 0 atom stereocenters. The molecule has 33 heavy (non-hydrogen) atoms. The van der Waals surface area contributed by atoms with Gasteiger partial charge in [0, 0.05) is 48.3 Å². The van der Waals surface area contributed by atoms with E-state index in [1.165, 1.54) is 34.5 Å². The fourth-order valence-electron chi connectivity index (χ4n) is 4.31. The lowest BCUT2D eigenvalue weighted by atomic mass is 9.96. The zero-order valence-electron chi connectivity index (χ0n) is 19.2. The number of hydrogen-bond acceptors (Lipinski definition) is 4. The normalized spacial score (nSPS) is 18.3. The number of fused-ring (bicyclic) bond motifs is 1. The molecule has 1 saturated heterocycles. The first kappa shape index (κ1) is 25.6. The van der Waals surface area contributed by atoms with E-state index in [-0.39, 0.29) is 6.04 Å². The highest BCUT2D eigenvalue weighted by atomic mass is 32.2. The van der Waals surface area contributed by atoms with Crippen molar-refractivity contribution in [2.24, 2.45) is 4.99 Å². The maximum atomic E-state index is 10.3. The SMILES string of the molecule is C#CCn1cc(SCC/N=C2\CCCN2C)c2ccccc21.O=S(=O)(O)NC1CCCCC1. The van der Waals surface area contributed by atoms with Crippen molar-refractivity contribution < 1.29 is 13.0 Å². The number of hydrogen-bond donors (Lipinski definition) is 2. The summed E-state index contributed by atoms with van der Waals surface area (Å²) < 4.78 is 33.5. The quantitative estimate of drug-likeness (QED) is 0.263. The van der Waals surface area contributed by atoms with Gasteiger partial charge in [-0.3, -0.25) is 9.55 Å². The van der Waals surface area contributed by atoms with Crippen LogP contribution < -0.4 is 4.72 Å². The molecule has 1 saturated carbocycles. The van der Waals surface area contributed by atoms with E-state index in [4.69, 9.17) is 16.0 Å². The molecule has 1 aromatic heterocycles. The summed E-state index contributed by atoms with van der Waals surface area (Å²) in [5.74, 6) is 4.99. The number of rotatable bonds is 7. The second-order valence-electron chi connectivity index (χ2n) is 8.44. The van der Waals surface area contributed by atoms with Crippen LogP contribution in [0.5, 0.6) is 0 Å². The van der Waals surface area contributed by atoms with Crippen molar-refractivity contribution in [3.8, 4) is 12.3 Å². The van der Waals surface area contributed by atoms with Crippen LogP contribution in [0.3, 0.4) is 0 Å². The number of benzene rings is 1. The second kappa shape index (κ2) is 12.5. The van der Waals surface area contributed by atoms with Gasteiger partial charge in [-0.1, -0.05) is 43.4 Å². The monoisotopic (exact) mass is 490 g/mol. The number of terminal acetylenes is 1. The summed E-state index contributed by atoms with van der Waals surface area (Å²) in [6, 6.07) is 8.40. The zero-order valence-corrected chi connectivity index (χ0v) is 20.9. The summed E-state index contributed by atoms with van der Waals surface area (Å²) in [4.78, 5) is 8.29. The summed E-state index contributed by atoms with van der Waals surface area (Å²) in [5.41, 5.74) is 1.21. The molecule has 1 aromatic carbocycles. The number of aromatic nitrogens is 1. The molecule has 2 aliphatic rings. The van der Waals surface area contributed by atoms with E-state index in [9.17, 15) is 8.42 Å². The average molecular weight is 491 g/mol. The number of likely N-dealkylation sites (tertiary alicyclic amines) is 1. The van der Waals surface area contributed by atoms with E-state index < -0.39 is 10.3 Å². The van der Waals surface area contributed by atoms with E-state index in [0.717, 1.165) is 50.9 Å². The lowest BCUT2D eigenvalue weighted by Gasteiger charge is -2.20. The fraction of sp³-hybridized carbons (Fsp3) is 0.542. The van der Waals surface area contributed by atoms with Crippen molar-refractivity contribution in [1.29, 1.82) is 0 Å². The van der Waals surface area contributed by atoms with Crippen LogP contribution >= 0.6 is 11.8 Å². The molecule has 0 radical (unpaired) electrons. The molecule has 4 rings (SSSR count). The number of amidine groups is 1. The fourth-order valence-corrected chi connectivity index (χ4v) is 5.90. The van der Waals surface area contributed by atoms with Gasteiger partial charge >= 0.3 is 10.3 Å². The van der Waals surface area contributed by atoms with E-state index in [1.54, 1.807) is 0 Å². The lowest BCUT2D eigenvalue weighted by Crippen LogP contribution is -2.35. The van der Waals surface area contributed by atoms with Crippen LogP contribution in [0.25, 0.3) is 10.9 Å². The first-order valence-corrected chi connectivity index (χ1v) is 13.9. The molecule has 2 heterocycles. The van der Waals surface area contributed by atoms with Gasteiger partial charge in [0.25, 0.3) is 0 Å². The van der Waals surface area contributed by atoms with Crippen LogP contribution in [-0.4, -0.2) is 60.2 Å². The van der Waals surface area contributed by atoms with Crippen molar-refractivity contribution in [1.82, 2.24) is 14.2 Å². The van der Waals surface area contributed by atoms with Gasteiger partial charge in [0.1, 0.15) is 0 Å². The summed E-state index contributed by atoms with van der Waals surface area (Å²) in [6.07, 6.45) is 15.0. The smallest absolute Gasteiger partial charge is 0.333 e. The summed E-state index contributed by atoms with van der Waals surface area (Å²) in [7, 11) is -1.84. The van der Waals surface area contributed by atoms with Crippen molar-refractivity contribution >= 4 is 38.8 Å². The lowest BCUT2D eigenvalue weighted by molar-refractivity contribution is 0.389. The van der Waals surface area contributed by atoms with Crippen molar-refractivity contribution in [3.05, 3.63) is 30.5 Å². The Morgan fingerprint density at radius 2 is 2.00 bits per heavy atom. The van der Waals surface area contributed by atoms with Crippen LogP contribution in [0.4, 0.5) is 0 Å². The van der Waals surface area contributed by atoms with E-state index in [1.807, 2.05) is 11.8 Å². The average Bonchev–Trinajstić information content (AvgIpc) is 3.35.